The Balaban J connectivity index is 1.97. The van der Waals surface area contributed by atoms with Gasteiger partial charge in [0.25, 0.3) is 0 Å². The van der Waals surface area contributed by atoms with E-state index in [9.17, 15) is 9.18 Å². The van der Waals surface area contributed by atoms with Crippen LogP contribution in [0.25, 0.3) is 0 Å². The average molecular weight is 269 g/mol. The predicted molar refractivity (Wildman–Crippen MR) is 68.8 cm³/mol. The first-order valence-corrected chi connectivity index (χ1v) is 6.71. The summed E-state index contributed by atoms with van der Waals surface area (Å²) in [6.07, 6.45) is 2.11. The second kappa shape index (κ2) is 5.28. The molecule has 3 nitrogen and oxygen atoms in total. The highest BCUT2D eigenvalue weighted by Gasteiger charge is 2.43. The third kappa shape index (κ3) is 2.84. The maximum absolute atomic E-state index is 12.8. The lowest BCUT2D eigenvalue weighted by atomic mass is 10.00. The fourth-order valence-electron chi connectivity index (χ4n) is 2.22. The first kappa shape index (κ1) is 13.4. The zero-order valence-corrected chi connectivity index (χ0v) is 11.0. The molecule has 2 unspecified atom stereocenters. The van der Waals surface area contributed by atoms with Crippen LogP contribution >= 0.6 is 11.8 Å². The van der Waals surface area contributed by atoms with Crippen LogP contribution in [0, 0.1) is 5.82 Å². The summed E-state index contributed by atoms with van der Waals surface area (Å²) in [6.45, 7) is 0. The van der Waals surface area contributed by atoms with Gasteiger partial charge in [-0.05, 0) is 43.5 Å². The number of methoxy groups -OCH3 is 1. The SMILES string of the molecule is COC(=O)C1(N)CCC(Sc2ccc(F)cc2)C1. The molecule has 0 spiro atoms. The van der Waals surface area contributed by atoms with Crippen LogP contribution in [0.1, 0.15) is 19.3 Å². The van der Waals surface area contributed by atoms with Crippen LogP contribution in [0.5, 0.6) is 0 Å². The van der Waals surface area contributed by atoms with E-state index in [4.69, 9.17) is 10.5 Å². The highest BCUT2D eigenvalue weighted by Crippen LogP contribution is 2.39. The minimum absolute atomic E-state index is 0.242. The largest absolute Gasteiger partial charge is 0.468 e. The summed E-state index contributed by atoms with van der Waals surface area (Å²) in [5, 5.41) is 0.277. The quantitative estimate of drug-likeness (QED) is 0.856. The zero-order valence-electron chi connectivity index (χ0n) is 10.2. The van der Waals surface area contributed by atoms with Crippen LogP contribution in [0.3, 0.4) is 0 Å². The van der Waals surface area contributed by atoms with Gasteiger partial charge in [-0.15, -0.1) is 11.8 Å². The number of hydrogen-bond acceptors (Lipinski definition) is 4. The lowest BCUT2D eigenvalue weighted by Gasteiger charge is -2.20. The fraction of sp³-hybridized carbons (Fsp3) is 0.462. The van der Waals surface area contributed by atoms with E-state index >= 15 is 0 Å². The summed E-state index contributed by atoms with van der Waals surface area (Å²) in [5.74, 6) is -0.585. The highest BCUT2D eigenvalue weighted by molar-refractivity contribution is 8.00. The Morgan fingerprint density at radius 1 is 1.50 bits per heavy atom. The third-order valence-electron chi connectivity index (χ3n) is 3.21. The second-order valence-corrected chi connectivity index (χ2v) is 5.96. The molecule has 1 aliphatic carbocycles. The molecule has 0 bridgehead atoms. The number of ether oxygens (including phenoxy) is 1. The molecule has 1 saturated carbocycles. The molecule has 0 aliphatic heterocycles. The standard InChI is InChI=1S/C13H16FNO2S/c1-17-12(16)13(15)7-6-11(8-13)18-10-4-2-9(14)3-5-10/h2-5,11H,6-8,15H2,1H3. The molecular weight excluding hydrogens is 253 g/mol. The summed E-state index contributed by atoms with van der Waals surface area (Å²) in [6, 6.07) is 6.36. The van der Waals surface area contributed by atoms with Crippen molar-refractivity contribution >= 4 is 17.7 Å². The van der Waals surface area contributed by atoms with Gasteiger partial charge in [0.15, 0.2) is 0 Å². The van der Waals surface area contributed by atoms with Crippen LogP contribution in [0.4, 0.5) is 4.39 Å². The molecular formula is C13H16FNO2S. The van der Waals surface area contributed by atoms with Crippen molar-refractivity contribution in [2.24, 2.45) is 5.73 Å². The molecule has 0 heterocycles. The van der Waals surface area contributed by atoms with Crippen LogP contribution < -0.4 is 5.73 Å². The fourth-order valence-corrected chi connectivity index (χ4v) is 3.52. The Labute approximate surface area is 110 Å². The van der Waals surface area contributed by atoms with Gasteiger partial charge in [0, 0.05) is 10.1 Å². The van der Waals surface area contributed by atoms with E-state index in [0.717, 1.165) is 11.3 Å². The summed E-state index contributed by atoms with van der Waals surface area (Å²) >= 11 is 1.64. The monoisotopic (exact) mass is 269 g/mol. The molecule has 18 heavy (non-hydrogen) atoms. The minimum atomic E-state index is -0.855. The second-order valence-electron chi connectivity index (χ2n) is 4.58. The number of carbonyl (C=O) groups is 1. The van der Waals surface area contributed by atoms with Crippen molar-refractivity contribution in [2.75, 3.05) is 7.11 Å². The Hall–Kier alpha value is -1.07. The topological polar surface area (TPSA) is 52.3 Å². The summed E-state index contributed by atoms with van der Waals surface area (Å²) < 4.78 is 17.5. The van der Waals surface area contributed by atoms with Gasteiger partial charge < -0.3 is 10.5 Å². The van der Waals surface area contributed by atoms with E-state index in [1.165, 1.54) is 19.2 Å². The third-order valence-corrected chi connectivity index (χ3v) is 4.49. The smallest absolute Gasteiger partial charge is 0.325 e. The van der Waals surface area contributed by atoms with Gasteiger partial charge in [-0.3, -0.25) is 4.79 Å². The Bertz CT molecular complexity index is 437. The van der Waals surface area contributed by atoms with Crippen molar-refractivity contribution in [3.63, 3.8) is 0 Å². The first-order valence-electron chi connectivity index (χ1n) is 5.83. The van der Waals surface area contributed by atoms with Crippen molar-refractivity contribution in [2.45, 2.75) is 34.9 Å². The Kier molecular flexibility index (Phi) is 3.92. The first-order chi connectivity index (χ1) is 8.53. The molecule has 0 aromatic heterocycles. The van der Waals surface area contributed by atoms with Gasteiger partial charge in [-0.25, -0.2) is 4.39 Å². The van der Waals surface area contributed by atoms with Gasteiger partial charge in [0.1, 0.15) is 11.4 Å². The minimum Gasteiger partial charge on any atom is -0.468 e. The Morgan fingerprint density at radius 2 is 2.17 bits per heavy atom. The van der Waals surface area contributed by atoms with E-state index in [-0.39, 0.29) is 17.0 Å². The number of rotatable bonds is 3. The molecule has 1 aromatic rings. The number of benzene rings is 1. The summed E-state index contributed by atoms with van der Waals surface area (Å²) in [4.78, 5) is 12.6. The molecule has 5 heteroatoms. The molecule has 2 N–H and O–H groups in total. The van der Waals surface area contributed by atoms with Crippen LogP contribution in [-0.4, -0.2) is 23.9 Å². The molecule has 1 aromatic carbocycles. The lowest BCUT2D eigenvalue weighted by Crippen LogP contribution is -2.46. The van der Waals surface area contributed by atoms with Gasteiger partial charge in [-0.2, -0.15) is 0 Å². The molecule has 1 aliphatic rings. The van der Waals surface area contributed by atoms with Crippen molar-refractivity contribution in [1.82, 2.24) is 0 Å². The number of nitrogens with two attached hydrogens (primary N) is 1. The van der Waals surface area contributed by atoms with Gasteiger partial charge in [-0.1, -0.05) is 0 Å². The van der Waals surface area contributed by atoms with Crippen molar-refractivity contribution < 1.29 is 13.9 Å². The van der Waals surface area contributed by atoms with Crippen LogP contribution in [-0.2, 0) is 9.53 Å². The van der Waals surface area contributed by atoms with Gasteiger partial charge >= 0.3 is 5.97 Å². The molecule has 0 saturated heterocycles. The van der Waals surface area contributed by atoms with Crippen molar-refractivity contribution in [3.8, 4) is 0 Å². The van der Waals surface area contributed by atoms with Gasteiger partial charge in [0.05, 0.1) is 7.11 Å². The van der Waals surface area contributed by atoms with E-state index < -0.39 is 5.54 Å². The zero-order chi connectivity index (χ0) is 13.2. The van der Waals surface area contributed by atoms with Crippen molar-refractivity contribution in [1.29, 1.82) is 0 Å². The number of hydrogen-bond donors (Lipinski definition) is 1. The molecule has 2 atom stereocenters. The number of halogens is 1. The van der Waals surface area contributed by atoms with E-state index in [2.05, 4.69) is 0 Å². The predicted octanol–water partition coefficient (Wildman–Crippen LogP) is 2.34. The summed E-state index contributed by atoms with van der Waals surface area (Å²) in [7, 11) is 1.36. The van der Waals surface area contributed by atoms with E-state index in [0.29, 0.717) is 12.8 Å². The summed E-state index contributed by atoms with van der Waals surface area (Å²) in [5.41, 5.74) is 5.18. The lowest BCUT2D eigenvalue weighted by molar-refractivity contribution is -0.146. The van der Waals surface area contributed by atoms with Crippen LogP contribution in [0.15, 0.2) is 29.2 Å². The maximum atomic E-state index is 12.8. The average Bonchev–Trinajstić information content (AvgIpc) is 2.74. The number of esters is 1. The molecule has 1 fully saturated rings. The van der Waals surface area contributed by atoms with Gasteiger partial charge in [0.2, 0.25) is 0 Å². The molecule has 98 valence electrons. The maximum Gasteiger partial charge on any atom is 0.325 e. The van der Waals surface area contributed by atoms with Crippen LogP contribution in [0.2, 0.25) is 0 Å². The number of thioether (sulfide) groups is 1. The number of carbonyl (C=O) groups excluding carboxylic acids is 1. The molecule has 0 amide bonds. The van der Waals surface area contributed by atoms with E-state index in [1.54, 1.807) is 23.9 Å². The molecule has 0 radical (unpaired) electrons. The normalized spacial score (nSPS) is 27.2. The highest BCUT2D eigenvalue weighted by atomic mass is 32.2. The van der Waals surface area contributed by atoms with E-state index in [1.807, 2.05) is 0 Å². The molecule has 2 rings (SSSR count). The van der Waals surface area contributed by atoms with Crippen molar-refractivity contribution in [3.05, 3.63) is 30.1 Å². The Morgan fingerprint density at radius 3 is 2.78 bits per heavy atom.